The molecule has 2 fully saturated rings. The largest absolute Gasteiger partial charge is 0.366 e. The predicted molar refractivity (Wildman–Crippen MR) is 145 cm³/mol. The monoisotopic (exact) mass is 513 g/mol. The number of hydrogen-bond donors (Lipinski definition) is 3. The molecular weight excluding hydrogens is 482 g/mol. The number of carbonyl (C=O) groups excluding carboxylic acids is 1. The second-order valence-corrected chi connectivity index (χ2v) is 10.2. The maximum Gasteiger partial charge on any atom is 0.330 e. The lowest BCUT2D eigenvalue weighted by atomic mass is 10.1. The van der Waals surface area contributed by atoms with Gasteiger partial charge in [0.1, 0.15) is 11.6 Å². The van der Waals surface area contributed by atoms with Gasteiger partial charge in [0.25, 0.3) is 5.56 Å². The van der Waals surface area contributed by atoms with Crippen molar-refractivity contribution in [2.75, 3.05) is 5.32 Å². The van der Waals surface area contributed by atoms with Crippen LogP contribution in [0, 0.1) is 5.92 Å². The molecule has 3 aromatic heterocycles. The molecule has 10 nitrogen and oxygen atoms in total. The summed E-state index contributed by atoms with van der Waals surface area (Å²) in [5, 5.41) is 6.36. The van der Waals surface area contributed by atoms with Crippen molar-refractivity contribution >= 4 is 22.9 Å². The third kappa shape index (κ3) is 4.85. The zero-order valence-electron chi connectivity index (χ0n) is 21.4. The lowest BCUT2D eigenvalue weighted by Gasteiger charge is -2.12. The average Bonchev–Trinajstić information content (AvgIpc) is 3.86. The number of aryl methyl sites for hydroxylation is 1. The van der Waals surface area contributed by atoms with Gasteiger partial charge in [-0.15, -0.1) is 0 Å². The summed E-state index contributed by atoms with van der Waals surface area (Å²) in [5.41, 5.74) is 2.98. The van der Waals surface area contributed by atoms with E-state index in [4.69, 9.17) is 0 Å². The third-order valence-electron chi connectivity index (χ3n) is 7.08. The molecule has 0 bridgehead atoms. The molecule has 0 aliphatic heterocycles. The molecule has 10 heteroatoms. The number of benzene rings is 1. The number of pyridine rings is 1. The summed E-state index contributed by atoms with van der Waals surface area (Å²) in [5.74, 6) is 1.72. The highest BCUT2D eigenvalue weighted by atomic mass is 16.2. The van der Waals surface area contributed by atoms with Gasteiger partial charge < -0.3 is 15.2 Å². The van der Waals surface area contributed by atoms with E-state index in [1.165, 1.54) is 0 Å². The van der Waals surface area contributed by atoms with Crippen LogP contribution < -0.4 is 21.9 Å². The smallest absolute Gasteiger partial charge is 0.330 e. The number of fused-ring (bicyclic) bond motifs is 1. The Labute approximate surface area is 219 Å². The first kappa shape index (κ1) is 24.1. The van der Waals surface area contributed by atoms with Crippen molar-refractivity contribution < 1.29 is 4.79 Å². The molecule has 1 amide bonds. The Hall–Kier alpha value is -4.21. The number of nitrogens with zero attached hydrogens (tertiary/aromatic N) is 4. The summed E-state index contributed by atoms with van der Waals surface area (Å²) in [6, 6.07) is 12.2. The standard InChI is InChI=1S/C28H31N7O3/c1-2-12-34-27-23(26(37)33-28(34)38)32-24(35(27)21-9-10-21)20-8-11-22(30-16-20)29-14-17-4-3-5-18(13-17)15-31-25(36)19-6-7-19/h3-5,8,11,13,16,19,21H,2,6-7,9-10,12,14-15H2,1H3,(H,29,30)(H,31,36)(H,33,37,38). The van der Waals surface area contributed by atoms with E-state index in [2.05, 4.69) is 31.7 Å². The van der Waals surface area contributed by atoms with Crippen LogP contribution in [-0.4, -0.2) is 30.0 Å². The highest BCUT2D eigenvalue weighted by Gasteiger charge is 2.31. The first-order chi connectivity index (χ1) is 18.5. The minimum absolute atomic E-state index is 0.145. The van der Waals surface area contributed by atoms with Gasteiger partial charge in [-0.25, -0.2) is 14.8 Å². The van der Waals surface area contributed by atoms with E-state index in [0.29, 0.717) is 31.1 Å². The Morgan fingerprint density at radius 1 is 1.08 bits per heavy atom. The van der Waals surface area contributed by atoms with E-state index >= 15 is 0 Å². The average molecular weight is 514 g/mol. The Morgan fingerprint density at radius 2 is 1.87 bits per heavy atom. The summed E-state index contributed by atoms with van der Waals surface area (Å²) in [6.45, 7) is 3.64. The molecular formula is C28H31N7O3. The van der Waals surface area contributed by atoms with Crippen LogP contribution in [0.1, 0.15) is 56.2 Å². The molecule has 3 N–H and O–H groups in total. The third-order valence-corrected chi connectivity index (χ3v) is 7.08. The van der Waals surface area contributed by atoms with Gasteiger partial charge in [-0.3, -0.25) is 19.1 Å². The molecule has 6 rings (SSSR count). The lowest BCUT2D eigenvalue weighted by molar-refractivity contribution is -0.122. The van der Waals surface area contributed by atoms with Crippen molar-refractivity contribution in [3.8, 4) is 11.4 Å². The van der Waals surface area contributed by atoms with Gasteiger partial charge in [0.15, 0.2) is 11.2 Å². The first-order valence-electron chi connectivity index (χ1n) is 13.3. The van der Waals surface area contributed by atoms with Crippen molar-refractivity contribution in [2.24, 2.45) is 5.92 Å². The highest BCUT2D eigenvalue weighted by molar-refractivity contribution is 5.80. The SMILES string of the molecule is CCCn1c(=O)[nH]c(=O)c2nc(-c3ccc(NCc4cccc(CNC(=O)C5CC5)c4)nc3)n(C3CC3)c21. The zero-order chi connectivity index (χ0) is 26.2. The summed E-state index contributed by atoms with van der Waals surface area (Å²) in [6.07, 6.45) is 6.50. The van der Waals surface area contributed by atoms with Crippen LogP contribution in [-0.2, 0) is 24.4 Å². The number of rotatable bonds is 10. The fourth-order valence-electron chi connectivity index (χ4n) is 4.82. The Balaban J connectivity index is 1.20. The number of hydrogen-bond acceptors (Lipinski definition) is 6. The number of nitrogens with one attached hydrogen (secondary N) is 3. The van der Waals surface area contributed by atoms with Crippen LogP contribution in [0.4, 0.5) is 5.82 Å². The number of amides is 1. The van der Waals surface area contributed by atoms with Crippen LogP contribution in [0.3, 0.4) is 0 Å². The molecule has 0 spiro atoms. The lowest BCUT2D eigenvalue weighted by Crippen LogP contribution is -2.31. The van der Waals surface area contributed by atoms with Gasteiger partial charge >= 0.3 is 5.69 Å². The summed E-state index contributed by atoms with van der Waals surface area (Å²) >= 11 is 0. The van der Waals surface area contributed by atoms with Crippen molar-refractivity contribution in [1.29, 1.82) is 0 Å². The van der Waals surface area contributed by atoms with E-state index < -0.39 is 11.2 Å². The first-order valence-corrected chi connectivity index (χ1v) is 13.3. The molecule has 2 saturated carbocycles. The quantitative estimate of drug-likeness (QED) is 0.299. The Bertz CT molecular complexity index is 1610. The fourth-order valence-corrected chi connectivity index (χ4v) is 4.82. The molecule has 2 aliphatic carbocycles. The van der Waals surface area contributed by atoms with Gasteiger partial charge in [0.2, 0.25) is 5.91 Å². The number of carbonyl (C=O) groups is 1. The number of imidazole rings is 1. The number of aromatic amines is 1. The van der Waals surface area contributed by atoms with Crippen molar-refractivity contribution in [3.63, 3.8) is 0 Å². The fraction of sp³-hybridized carbons (Fsp3) is 0.393. The highest BCUT2D eigenvalue weighted by Crippen LogP contribution is 2.40. The van der Waals surface area contributed by atoms with Crippen molar-refractivity contribution in [1.82, 2.24) is 29.4 Å². The van der Waals surface area contributed by atoms with E-state index in [0.717, 1.165) is 54.6 Å². The maximum absolute atomic E-state index is 12.6. The number of anilines is 1. The van der Waals surface area contributed by atoms with Crippen LogP contribution >= 0.6 is 0 Å². The topological polar surface area (TPSA) is 127 Å². The van der Waals surface area contributed by atoms with Gasteiger partial charge in [-0.2, -0.15) is 0 Å². The maximum atomic E-state index is 12.6. The van der Waals surface area contributed by atoms with Crippen LogP contribution in [0.5, 0.6) is 0 Å². The second kappa shape index (κ2) is 9.92. The number of aromatic nitrogens is 5. The molecule has 3 heterocycles. The normalized spacial score (nSPS) is 15.1. The van der Waals surface area contributed by atoms with Gasteiger partial charge in [-0.1, -0.05) is 31.2 Å². The van der Waals surface area contributed by atoms with Crippen LogP contribution in [0.15, 0.2) is 52.2 Å². The van der Waals surface area contributed by atoms with Crippen molar-refractivity contribution in [3.05, 3.63) is 74.6 Å². The van der Waals surface area contributed by atoms with E-state index in [-0.39, 0.29) is 23.4 Å². The molecule has 196 valence electrons. The van der Waals surface area contributed by atoms with E-state index in [1.54, 1.807) is 10.8 Å². The molecule has 0 radical (unpaired) electrons. The molecule has 1 aromatic carbocycles. The van der Waals surface area contributed by atoms with Gasteiger partial charge in [0, 0.05) is 43.4 Å². The summed E-state index contributed by atoms with van der Waals surface area (Å²) < 4.78 is 3.67. The van der Waals surface area contributed by atoms with Crippen LogP contribution in [0.25, 0.3) is 22.6 Å². The zero-order valence-corrected chi connectivity index (χ0v) is 21.4. The number of H-pyrrole nitrogens is 1. The molecule has 0 saturated heterocycles. The Morgan fingerprint density at radius 3 is 2.55 bits per heavy atom. The minimum atomic E-state index is -0.460. The molecule has 2 aliphatic rings. The van der Waals surface area contributed by atoms with E-state index in [1.807, 2.05) is 41.8 Å². The van der Waals surface area contributed by atoms with Gasteiger partial charge in [-0.05, 0) is 55.4 Å². The van der Waals surface area contributed by atoms with Crippen molar-refractivity contribution in [2.45, 2.75) is 64.7 Å². The summed E-state index contributed by atoms with van der Waals surface area (Å²) in [7, 11) is 0. The van der Waals surface area contributed by atoms with Crippen LogP contribution in [0.2, 0.25) is 0 Å². The molecule has 0 atom stereocenters. The predicted octanol–water partition coefficient (Wildman–Crippen LogP) is 3.33. The Kier molecular flexibility index (Phi) is 6.30. The second-order valence-electron chi connectivity index (χ2n) is 10.2. The summed E-state index contributed by atoms with van der Waals surface area (Å²) in [4.78, 5) is 48.8. The van der Waals surface area contributed by atoms with Gasteiger partial charge in [0.05, 0.1) is 0 Å². The van der Waals surface area contributed by atoms with E-state index in [9.17, 15) is 14.4 Å². The minimum Gasteiger partial charge on any atom is -0.366 e. The molecule has 4 aromatic rings. The molecule has 38 heavy (non-hydrogen) atoms. The molecule has 0 unspecified atom stereocenters.